The number of carbonyl (C=O) groups excluding carboxylic acids is 1. The Morgan fingerprint density at radius 3 is 2.24 bits per heavy atom. The highest BCUT2D eigenvalue weighted by atomic mass is 79.9. The molecule has 0 heterocycles. The zero-order chi connectivity index (χ0) is 16.2. The molecule has 1 aromatic carbocycles. The van der Waals surface area contributed by atoms with Gasteiger partial charge in [-0.05, 0) is 77.3 Å². The molecule has 6 heteroatoms. The van der Waals surface area contributed by atoms with Crippen molar-refractivity contribution in [3.05, 3.63) is 26.6 Å². The molecule has 4 nitrogen and oxygen atoms in total. The van der Waals surface area contributed by atoms with Gasteiger partial charge in [0.05, 0.1) is 16.1 Å². The van der Waals surface area contributed by atoms with Crippen LogP contribution in [0.4, 0.5) is 0 Å². The smallest absolute Gasteiger partial charge is 0.346 e. The lowest BCUT2D eigenvalue weighted by Gasteiger charge is -2.21. The van der Waals surface area contributed by atoms with E-state index >= 15 is 0 Å². The molecule has 0 bridgehead atoms. The first kappa shape index (κ1) is 18.5. The quantitative estimate of drug-likeness (QED) is 0.727. The number of methoxy groups -OCH3 is 1. The van der Waals surface area contributed by atoms with Gasteiger partial charge in [-0.1, -0.05) is 0 Å². The van der Waals surface area contributed by atoms with Gasteiger partial charge in [0.15, 0.2) is 6.10 Å². The third-order valence-corrected chi connectivity index (χ3v) is 3.89. The van der Waals surface area contributed by atoms with Crippen molar-refractivity contribution in [1.29, 1.82) is 0 Å². The number of hydrogen-bond acceptors (Lipinski definition) is 4. The minimum atomic E-state index is -0.666. The number of ether oxygens (including phenoxy) is 2. The van der Waals surface area contributed by atoms with Crippen LogP contribution in [0, 0.1) is 0 Å². The van der Waals surface area contributed by atoms with E-state index < -0.39 is 12.1 Å². The van der Waals surface area contributed by atoms with Crippen LogP contribution in [0.1, 0.15) is 33.3 Å². The first-order valence-corrected chi connectivity index (χ1v) is 8.20. The van der Waals surface area contributed by atoms with Gasteiger partial charge in [0, 0.05) is 12.1 Å². The Kier molecular flexibility index (Phi) is 6.69. The molecule has 1 atom stereocenters. The van der Waals surface area contributed by atoms with E-state index in [2.05, 4.69) is 62.7 Å². The predicted molar refractivity (Wildman–Crippen MR) is 90.5 cm³/mol. The summed E-state index contributed by atoms with van der Waals surface area (Å²) in [6.45, 7) is 8.75. The summed E-state index contributed by atoms with van der Waals surface area (Å²) in [6, 6.07) is 3.95. The minimum Gasteiger partial charge on any atom is -0.477 e. The molecule has 1 unspecified atom stereocenters. The molecule has 0 aliphatic carbocycles. The molecule has 118 valence electrons. The van der Waals surface area contributed by atoms with Crippen molar-refractivity contribution >= 4 is 37.8 Å². The van der Waals surface area contributed by atoms with Crippen molar-refractivity contribution in [2.24, 2.45) is 0 Å². The monoisotopic (exact) mass is 421 g/mol. The topological polar surface area (TPSA) is 47.6 Å². The third-order valence-electron chi connectivity index (χ3n) is 2.71. The number of esters is 1. The van der Waals surface area contributed by atoms with Gasteiger partial charge in [-0.3, -0.25) is 0 Å². The highest BCUT2D eigenvalue weighted by molar-refractivity contribution is 9.11. The predicted octanol–water partition coefficient (Wildman–Crippen LogP) is 4.04. The summed E-state index contributed by atoms with van der Waals surface area (Å²) in [5.41, 5.74) is 1.16. The second-order valence-corrected chi connectivity index (χ2v) is 7.48. The molecule has 0 saturated heterocycles. The number of nitrogens with one attached hydrogen (secondary N) is 1. The molecule has 0 fully saturated rings. The van der Waals surface area contributed by atoms with Crippen LogP contribution in [0.2, 0.25) is 0 Å². The van der Waals surface area contributed by atoms with Gasteiger partial charge >= 0.3 is 5.97 Å². The Morgan fingerprint density at radius 1 is 1.29 bits per heavy atom. The lowest BCUT2D eigenvalue weighted by Crippen LogP contribution is -2.35. The van der Waals surface area contributed by atoms with Gasteiger partial charge in [-0.25, -0.2) is 4.79 Å². The third kappa shape index (κ3) is 5.96. The molecule has 21 heavy (non-hydrogen) atoms. The van der Waals surface area contributed by atoms with Crippen molar-refractivity contribution in [2.45, 2.75) is 45.9 Å². The molecule has 0 saturated carbocycles. The summed E-state index contributed by atoms with van der Waals surface area (Å²) in [4.78, 5) is 11.4. The molecular weight excluding hydrogens is 402 g/mol. The van der Waals surface area contributed by atoms with E-state index in [1.54, 1.807) is 6.92 Å². The zero-order valence-corrected chi connectivity index (χ0v) is 16.1. The summed E-state index contributed by atoms with van der Waals surface area (Å²) in [7, 11) is 1.34. The Hall–Kier alpha value is -0.590. The summed E-state index contributed by atoms with van der Waals surface area (Å²) in [5.74, 6) is 0.180. The average Bonchev–Trinajstić information content (AvgIpc) is 2.38. The summed E-state index contributed by atoms with van der Waals surface area (Å²) < 4.78 is 11.9. The number of rotatable bonds is 5. The fourth-order valence-corrected chi connectivity index (χ4v) is 3.05. The van der Waals surface area contributed by atoms with Crippen LogP contribution in [-0.2, 0) is 16.1 Å². The summed E-state index contributed by atoms with van der Waals surface area (Å²) >= 11 is 6.97. The molecule has 1 rings (SSSR count). The lowest BCUT2D eigenvalue weighted by molar-refractivity contribution is -0.147. The molecule has 0 aliphatic rings. The van der Waals surface area contributed by atoms with Gasteiger partial charge in [0.1, 0.15) is 5.75 Å². The van der Waals surface area contributed by atoms with Crippen LogP contribution in [0.15, 0.2) is 21.1 Å². The first-order chi connectivity index (χ1) is 9.64. The van der Waals surface area contributed by atoms with Crippen LogP contribution in [0.25, 0.3) is 0 Å². The minimum absolute atomic E-state index is 0.0491. The van der Waals surface area contributed by atoms with E-state index in [1.807, 2.05) is 12.1 Å². The molecule has 0 aliphatic heterocycles. The van der Waals surface area contributed by atoms with Crippen molar-refractivity contribution in [1.82, 2.24) is 5.32 Å². The molecule has 1 aromatic rings. The van der Waals surface area contributed by atoms with Crippen LogP contribution < -0.4 is 10.1 Å². The van der Waals surface area contributed by atoms with E-state index in [9.17, 15) is 4.79 Å². The van der Waals surface area contributed by atoms with E-state index in [0.717, 1.165) is 21.1 Å². The fraction of sp³-hybridized carbons (Fsp3) is 0.533. The van der Waals surface area contributed by atoms with Gasteiger partial charge in [-0.2, -0.15) is 0 Å². The Labute approximate surface area is 142 Å². The van der Waals surface area contributed by atoms with Crippen molar-refractivity contribution < 1.29 is 14.3 Å². The standard InChI is InChI=1S/C15H21Br2NO3/c1-9(14(19)20-5)21-13-11(16)6-10(7-12(13)17)8-18-15(2,3)4/h6-7,9,18H,8H2,1-5H3. The molecule has 1 N–H and O–H groups in total. The molecular formula is C15H21Br2NO3. The second kappa shape index (κ2) is 7.61. The average molecular weight is 423 g/mol. The van der Waals surface area contributed by atoms with Crippen molar-refractivity contribution in [3.63, 3.8) is 0 Å². The molecule has 0 radical (unpaired) electrons. The fourth-order valence-electron chi connectivity index (χ4n) is 1.59. The van der Waals surface area contributed by atoms with Crippen LogP contribution >= 0.6 is 31.9 Å². The maximum atomic E-state index is 11.4. The SMILES string of the molecule is COC(=O)C(C)Oc1c(Br)cc(CNC(C)(C)C)cc1Br. The first-order valence-electron chi connectivity index (χ1n) is 6.61. The Bertz CT molecular complexity index is 489. The van der Waals surface area contributed by atoms with Crippen LogP contribution in [0.5, 0.6) is 5.75 Å². The van der Waals surface area contributed by atoms with E-state index in [1.165, 1.54) is 7.11 Å². The van der Waals surface area contributed by atoms with Gasteiger partial charge in [-0.15, -0.1) is 0 Å². The molecule has 0 spiro atoms. The van der Waals surface area contributed by atoms with Crippen molar-refractivity contribution in [3.8, 4) is 5.75 Å². The normalized spacial score (nSPS) is 12.9. The lowest BCUT2D eigenvalue weighted by atomic mass is 10.1. The van der Waals surface area contributed by atoms with E-state index in [-0.39, 0.29) is 5.54 Å². The summed E-state index contributed by atoms with van der Waals surface area (Å²) in [5, 5.41) is 3.42. The van der Waals surface area contributed by atoms with E-state index in [0.29, 0.717) is 5.75 Å². The van der Waals surface area contributed by atoms with Gasteiger partial charge in [0.2, 0.25) is 0 Å². The van der Waals surface area contributed by atoms with Crippen molar-refractivity contribution in [2.75, 3.05) is 7.11 Å². The maximum Gasteiger partial charge on any atom is 0.346 e. The van der Waals surface area contributed by atoms with Crippen LogP contribution in [-0.4, -0.2) is 24.7 Å². The molecule has 0 aromatic heterocycles. The van der Waals surface area contributed by atoms with Gasteiger partial charge < -0.3 is 14.8 Å². The Morgan fingerprint density at radius 2 is 1.81 bits per heavy atom. The number of carbonyl (C=O) groups is 1. The summed E-state index contributed by atoms with van der Waals surface area (Å²) in [6.07, 6.45) is -0.666. The van der Waals surface area contributed by atoms with Gasteiger partial charge in [0.25, 0.3) is 0 Å². The second-order valence-electron chi connectivity index (χ2n) is 5.78. The zero-order valence-electron chi connectivity index (χ0n) is 12.9. The molecule has 0 amide bonds. The highest BCUT2D eigenvalue weighted by Crippen LogP contribution is 2.35. The Balaban J connectivity index is 2.87. The number of halogens is 2. The largest absolute Gasteiger partial charge is 0.477 e. The highest BCUT2D eigenvalue weighted by Gasteiger charge is 2.19. The number of hydrogen-bond donors (Lipinski definition) is 1. The van der Waals surface area contributed by atoms with E-state index in [4.69, 9.17) is 4.74 Å². The van der Waals surface area contributed by atoms with Crippen LogP contribution in [0.3, 0.4) is 0 Å². The maximum absolute atomic E-state index is 11.4. The number of benzene rings is 1.